The average Bonchev–Trinajstić information content (AvgIpc) is 3.25. The Balaban J connectivity index is 1.22. The molecule has 0 fully saturated rings. The molecule has 0 spiro atoms. The van der Waals surface area contributed by atoms with E-state index >= 15 is 0 Å². The van der Waals surface area contributed by atoms with Gasteiger partial charge in [-0.05, 0) is 115 Å². The van der Waals surface area contributed by atoms with Crippen LogP contribution in [0.15, 0.2) is 224 Å². The summed E-state index contributed by atoms with van der Waals surface area (Å²) < 4.78 is 0. The summed E-state index contributed by atoms with van der Waals surface area (Å²) in [4.78, 5) is 2.41. The molecule has 0 amide bonds. The lowest BCUT2D eigenvalue weighted by molar-refractivity contribution is 1.28. The van der Waals surface area contributed by atoms with E-state index in [0.29, 0.717) is 0 Å². The molecule has 0 aliphatic heterocycles. The van der Waals surface area contributed by atoms with Crippen LogP contribution in [0.25, 0.3) is 66.4 Å². The maximum atomic E-state index is 2.41. The quantitative estimate of drug-likeness (QED) is 0.155. The highest BCUT2D eigenvalue weighted by atomic mass is 15.1. The van der Waals surface area contributed by atoms with Gasteiger partial charge in [-0.25, -0.2) is 0 Å². The second-order valence-electron chi connectivity index (χ2n) is 13.4. The van der Waals surface area contributed by atoms with Crippen LogP contribution in [0, 0.1) is 0 Å². The standard InChI is InChI=1S/C52H37N/c1-4-16-38(17-5-1)43-25-13-28-48(34-43)53(50-36-46(39-18-6-2-7-19-39)33-47(37-50)40-20-8-3-9-21-40)49-29-14-26-44(35-49)42-24-12-27-45(32-42)52-31-15-23-41-22-10-11-30-51(41)52/h1-37H. The van der Waals surface area contributed by atoms with E-state index in [1.807, 2.05) is 0 Å². The van der Waals surface area contributed by atoms with Crippen LogP contribution in [0.2, 0.25) is 0 Å². The van der Waals surface area contributed by atoms with Gasteiger partial charge >= 0.3 is 0 Å². The lowest BCUT2D eigenvalue weighted by Gasteiger charge is -2.28. The van der Waals surface area contributed by atoms with Crippen molar-refractivity contribution in [2.24, 2.45) is 0 Å². The third kappa shape index (κ3) is 6.65. The molecule has 9 rings (SSSR count). The zero-order valence-corrected chi connectivity index (χ0v) is 29.3. The van der Waals surface area contributed by atoms with Gasteiger partial charge in [-0.3, -0.25) is 0 Å². The third-order valence-electron chi connectivity index (χ3n) is 10.0. The van der Waals surface area contributed by atoms with Gasteiger partial charge in [-0.15, -0.1) is 0 Å². The molecule has 0 N–H and O–H groups in total. The van der Waals surface area contributed by atoms with Crippen LogP contribution in [-0.2, 0) is 0 Å². The molecule has 0 atom stereocenters. The highest BCUT2D eigenvalue weighted by molar-refractivity contribution is 5.97. The fourth-order valence-corrected chi connectivity index (χ4v) is 7.41. The number of anilines is 3. The van der Waals surface area contributed by atoms with Crippen LogP contribution in [0.1, 0.15) is 0 Å². The van der Waals surface area contributed by atoms with Crippen molar-refractivity contribution in [3.8, 4) is 55.6 Å². The lowest BCUT2D eigenvalue weighted by atomic mass is 9.95. The van der Waals surface area contributed by atoms with E-state index in [0.717, 1.165) is 22.6 Å². The third-order valence-corrected chi connectivity index (χ3v) is 10.0. The van der Waals surface area contributed by atoms with Gasteiger partial charge in [-0.2, -0.15) is 0 Å². The molecule has 1 nitrogen and oxygen atoms in total. The van der Waals surface area contributed by atoms with E-state index < -0.39 is 0 Å². The van der Waals surface area contributed by atoms with Crippen LogP contribution in [0.5, 0.6) is 0 Å². The molecule has 0 aliphatic rings. The predicted octanol–water partition coefficient (Wildman–Crippen LogP) is 14.6. The van der Waals surface area contributed by atoms with Gasteiger partial charge in [0.05, 0.1) is 0 Å². The Morgan fingerprint density at radius 2 is 0.604 bits per heavy atom. The number of benzene rings is 9. The first-order valence-corrected chi connectivity index (χ1v) is 18.2. The maximum Gasteiger partial charge on any atom is 0.0473 e. The normalized spacial score (nSPS) is 11.0. The Morgan fingerprint density at radius 1 is 0.226 bits per heavy atom. The molecular formula is C52H37N. The number of hydrogen-bond donors (Lipinski definition) is 0. The summed E-state index contributed by atoms with van der Waals surface area (Å²) in [5, 5.41) is 2.51. The van der Waals surface area contributed by atoms with Crippen LogP contribution < -0.4 is 4.90 Å². The van der Waals surface area contributed by atoms with Crippen molar-refractivity contribution in [3.05, 3.63) is 224 Å². The first kappa shape index (κ1) is 32.0. The highest BCUT2D eigenvalue weighted by Gasteiger charge is 2.18. The zero-order chi connectivity index (χ0) is 35.4. The molecule has 0 saturated carbocycles. The van der Waals surface area contributed by atoms with Crippen molar-refractivity contribution in [1.82, 2.24) is 0 Å². The summed E-state index contributed by atoms with van der Waals surface area (Å²) in [6, 6.07) is 80.9. The largest absolute Gasteiger partial charge is 0.310 e. The second-order valence-corrected chi connectivity index (χ2v) is 13.4. The fraction of sp³-hybridized carbons (Fsp3) is 0. The van der Waals surface area contributed by atoms with Crippen LogP contribution in [0.3, 0.4) is 0 Å². The van der Waals surface area contributed by atoms with Gasteiger partial charge in [0.2, 0.25) is 0 Å². The monoisotopic (exact) mass is 675 g/mol. The summed E-state index contributed by atoms with van der Waals surface area (Å²) in [6.07, 6.45) is 0. The van der Waals surface area contributed by atoms with Gasteiger partial charge in [0.1, 0.15) is 0 Å². The molecule has 0 bridgehead atoms. The van der Waals surface area contributed by atoms with E-state index in [2.05, 4.69) is 229 Å². The molecule has 0 aromatic heterocycles. The van der Waals surface area contributed by atoms with Crippen LogP contribution in [0.4, 0.5) is 17.1 Å². The Morgan fingerprint density at radius 3 is 1.21 bits per heavy atom. The van der Waals surface area contributed by atoms with E-state index in [9.17, 15) is 0 Å². The van der Waals surface area contributed by atoms with Crippen molar-refractivity contribution in [3.63, 3.8) is 0 Å². The van der Waals surface area contributed by atoms with Gasteiger partial charge in [0.15, 0.2) is 0 Å². The minimum atomic E-state index is 1.09. The predicted molar refractivity (Wildman–Crippen MR) is 226 cm³/mol. The van der Waals surface area contributed by atoms with Crippen molar-refractivity contribution < 1.29 is 0 Å². The number of nitrogens with zero attached hydrogens (tertiary/aromatic N) is 1. The zero-order valence-electron chi connectivity index (χ0n) is 29.3. The Bertz CT molecular complexity index is 2600. The summed E-state index contributed by atoms with van der Waals surface area (Å²) in [5.41, 5.74) is 15.1. The Kier molecular flexibility index (Phi) is 8.66. The number of hydrogen-bond acceptors (Lipinski definition) is 1. The van der Waals surface area contributed by atoms with Crippen molar-refractivity contribution in [2.45, 2.75) is 0 Å². The van der Waals surface area contributed by atoms with Gasteiger partial charge in [0.25, 0.3) is 0 Å². The maximum absolute atomic E-state index is 2.41. The number of rotatable bonds is 8. The van der Waals surface area contributed by atoms with E-state index in [-0.39, 0.29) is 0 Å². The lowest BCUT2D eigenvalue weighted by Crippen LogP contribution is -2.10. The molecule has 9 aromatic carbocycles. The van der Waals surface area contributed by atoms with Crippen molar-refractivity contribution in [1.29, 1.82) is 0 Å². The average molecular weight is 676 g/mol. The first-order valence-electron chi connectivity index (χ1n) is 18.2. The summed E-state index contributed by atoms with van der Waals surface area (Å²) >= 11 is 0. The van der Waals surface area contributed by atoms with Crippen LogP contribution >= 0.6 is 0 Å². The SMILES string of the molecule is c1ccc(-c2cccc(N(c3cccc(-c4cccc(-c5cccc6ccccc56)c4)c3)c3cc(-c4ccccc4)cc(-c4ccccc4)c3)c2)cc1. The molecule has 0 heterocycles. The van der Waals surface area contributed by atoms with Gasteiger partial charge in [-0.1, -0.05) is 176 Å². The van der Waals surface area contributed by atoms with Crippen LogP contribution in [-0.4, -0.2) is 0 Å². The van der Waals surface area contributed by atoms with E-state index in [4.69, 9.17) is 0 Å². The van der Waals surface area contributed by atoms with E-state index in [1.165, 1.54) is 60.8 Å². The van der Waals surface area contributed by atoms with Crippen molar-refractivity contribution >= 4 is 27.8 Å². The summed E-state index contributed by atoms with van der Waals surface area (Å²) in [5.74, 6) is 0. The topological polar surface area (TPSA) is 3.24 Å². The minimum Gasteiger partial charge on any atom is -0.310 e. The molecule has 9 aromatic rings. The molecule has 0 radical (unpaired) electrons. The van der Waals surface area contributed by atoms with E-state index in [1.54, 1.807) is 0 Å². The Labute approximate surface area is 311 Å². The van der Waals surface area contributed by atoms with Gasteiger partial charge < -0.3 is 4.90 Å². The minimum absolute atomic E-state index is 1.09. The summed E-state index contributed by atoms with van der Waals surface area (Å²) in [6.45, 7) is 0. The molecule has 1 heteroatoms. The number of fused-ring (bicyclic) bond motifs is 1. The second kappa shape index (κ2) is 14.3. The molecule has 250 valence electrons. The summed E-state index contributed by atoms with van der Waals surface area (Å²) in [7, 11) is 0. The fourth-order valence-electron chi connectivity index (χ4n) is 7.41. The molecule has 53 heavy (non-hydrogen) atoms. The molecule has 0 unspecified atom stereocenters. The molecule has 0 aliphatic carbocycles. The Hall–Kier alpha value is -6.96. The smallest absolute Gasteiger partial charge is 0.0473 e. The molecule has 0 saturated heterocycles. The molecular weight excluding hydrogens is 639 g/mol. The highest BCUT2D eigenvalue weighted by Crippen LogP contribution is 2.42. The van der Waals surface area contributed by atoms with Gasteiger partial charge in [0, 0.05) is 17.1 Å². The van der Waals surface area contributed by atoms with Crippen molar-refractivity contribution in [2.75, 3.05) is 4.90 Å². The first-order chi connectivity index (χ1) is 26.3.